The SMILES string of the molecule is Cc1ccc(NC(=O)[C@H]2CC(=O)N(c3ccccc3F)C2)cc1C. The summed E-state index contributed by atoms with van der Waals surface area (Å²) in [6.45, 7) is 4.17. The highest BCUT2D eigenvalue weighted by atomic mass is 19.1. The standard InChI is InChI=1S/C19H19FN2O2/c1-12-7-8-15(9-13(12)2)21-19(24)14-10-18(23)22(11-14)17-6-4-3-5-16(17)20/h3-9,14H,10-11H2,1-2H3,(H,21,24)/t14-/m0/s1. The number of nitrogens with zero attached hydrogens (tertiary/aromatic N) is 1. The number of benzene rings is 2. The Bertz CT molecular complexity index is 804. The van der Waals surface area contributed by atoms with E-state index in [2.05, 4.69) is 5.32 Å². The molecule has 0 unspecified atom stereocenters. The van der Waals surface area contributed by atoms with Gasteiger partial charge >= 0.3 is 0 Å². The summed E-state index contributed by atoms with van der Waals surface area (Å²) >= 11 is 0. The quantitative estimate of drug-likeness (QED) is 0.939. The Hall–Kier alpha value is -2.69. The van der Waals surface area contributed by atoms with Gasteiger partial charge in [0.05, 0.1) is 11.6 Å². The van der Waals surface area contributed by atoms with Gasteiger partial charge in [-0.3, -0.25) is 9.59 Å². The van der Waals surface area contributed by atoms with Crippen molar-refractivity contribution in [2.24, 2.45) is 5.92 Å². The molecule has 1 N–H and O–H groups in total. The topological polar surface area (TPSA) is 49.4 Å². The van der Waals surface area contributed by atoms with Crippen LogP contribution in [0.1, 0.15) is 17.5 Å². The lowest BCUT2D eigenvalue weighted by atomic mass is 10.1. The van der Waals surface area contributed by atoms with Crippen molar-refractivity contribution in [1.82, 2.24) is 0 Å². The number of hydrogen-bond acceptors (Lipinski definition) is 2. The number of rotatable bonds is 3. The van der Waals surface area contributed by atoms with Gasteiger partial charge in [-0.15, -0.1) is 0 Å². The van der Waals surface area contributed by atoms with Gasteiger partial charge in [0.2, 0.25) is 11.8 Å². The number of halogens is 1. The molecule has 4 nitrogen and oxygen atoms in total. The van der Waals surface area contributed by atoms with Crippen LogP contribution in [0.25, 0.3) is 0 Å². The van der Waals surface area contributed by atoms with Gasteiger partial charge in [0.25, 0.3) is 0 Å². The van der Waals surface area contributed by atoms with Crippen molar-refractivity contribution in [2.75, 3.05) is 16.8 Å². The number of carbonyl (C=O) groups excluding carboxylic acids is 2. The molecule has 1 saturated heterocycles. The second-order valence-corrected chi connectivity index (χ2v) is 6.15. The smallest absolute Gasteiger partial charge is 0.229 e. The second kappa shape index (κ2) is 6.43. The molecular formula is C19H19FN2O2. The van der Waals surface area contributed by atoms with Gasteiger partial charge in [0.1, 0.15) is 5.82 Å². The molecule has 1 heterocycles. The Morgan fingerprint density at radius 1 is 1.17 bits per heavy atom. The average molecular weight is 326 g/mol. The summed E-state index contributed by atoms with van der Waals surface area (Å²) in [6, 6.07) is 11.8. The first kappa shape index (κ1) is 16.2. The van der Waals surface area contributed by atoms with Gasteiger partial charge in [-0.1, -0.05) is 18.2 Å². The van der Waals surface area contributed by atoms with E-state index >= 15 is 0 Å². The maximum Gasteiger partial charge on any atom is 0.229 e. The van der Waals surface area contributed by atoms with Crippen LogP contribution in [0.4, 0.5) is 15.8 Å². The van der Waals surface area contributed by atoms with E-state index in [0.29, 0.717) is 5.69 Å². The van der Waals surface area contributed by atoms with Crippen LogP contribution in [0, 0.1) is 25.6 Å². The lowest BCUT2D eigenvalue weighted by molar-refractivity contribution is -0.122. The summed E-state index contributed by atoms with van der Waals surface area (Å²) in [7, 11) is 0. The highest BCUT2D eigenvalue weighted by molar-refractivity contribution is 6.03. The molecular weight excluding hydrogens is 307 g/mol. The molecule has 124 valence electrons. The molecule has 1 aliphatic heterocycles. The zero-order chi connectivity index (χ0) is 17.3. The summed E-state index contributed by atoms with van der Waals surface area (Å²) in [5.41, 5.74) is 3.17. The van der Waals surface area contributed by atoms with E-state index in [1.165, 1.54) is 11.0 Å². The highest BCUT2D eigenvalue weighted by Crippen LogP contribution is 2.28. The predicted molar refractivity (Wildman–Crippen MR) is 91.4 cm³/mol. The Morgan fingerprint density at radius 3 is 2.62 bits per heavy atom. The fraction of sp³-hybridized carbons (Fsp3) is 0.263. The van der Waals surface area contributed by atoms with Gasteiger partial charge in [-0.2, -0.15) is 0 Å². The van der Waals surface area contributed by atoms with Crippen LogP contribution in [-0.4, -0.2) is 18.4 Å². The number of carbonyl (C=O) groups is 2. The first-order chi connectivity index (χ1) is 11.5. The van der Waals surface area contributed by atoms with Crippen molar-refractivity contribution in [3.8, 4) is 0 Å². The van der Waals surface area contributed by atoms with E-state index < -0.39 is 11.7 Å². The van der Waals surface area contributed by atoms with Gasteiger partial charge in [-0.25, -0.2) is 4.39 Å². The maximum atomic E-state index is 13.9. The predicted octanol–water partition coefficient (Wildman–Crippen LogP) is 3.43. The van der Waals surface area contributed by atoms with E-state index in [1.807, 2.05) is 32.0 Å². The number of anilines is 2. The van der Waals surface area contributed by atoms with Crippen molar-refractivity contribution in [1.29, 1.82) is 0 Å². The summed E-state index contributed by atoms with van der Waals surface area (Å²) in [5, 5.41) is 2.85. The summed E-state index contributed by atoms with van der Waals surface area (Å²) < 4.78 is 13.9. The molecule has 0 saturated carbocycles. The molecule has 3 rings (SSSR count). The van der Waals surface area contributed by atoms with Crippen LogP contribution in [0.2, 0.25) is 0 Å². The van der Waals surface area contributed by atoms with E-state index in [1.54, 1.807) is 18.2 Å². The molecule has 2 aromatic carbocycles. The Labute approximate surface area is 140 Å². The molecule has 0 aliphatic carbocycles. The molecule has 1 atom stereocenters. The van der Waals surface area contributed by atoms with Gasteiger partial charge < -0.3 is 10.2 Å². The second-order valence-electron chi connectivity index (χ2n) is 6.15. The third-order valence-electron chi connectivity index (χ3n) is 4.41. The first-order valence-corrected chi connectivity index (χ1v) is 7.88. The molecule has 2 aromatic rings. The highest BCUT2D eigenvalue weighted by Gasteiger charge is 2.36. The van der Waals surface area contributed by atoms with Crippen molar-refractivity contribution in [3.63, 3.8) is 0 Å². The Morgan fingerprint density at radius 2 is 1.92 bits per heavy atom. The minimum Gasteiger partial charge on any atom is -0.326 e. The number of para-hydroxylation sites is 1. The molecule has 1 aliphatic rings. The minimum absolute atomic E-state index is 0.0883. The Kier molecular flexibility index (Phi) is 4.34. The minimum atomic E-state index is -0.487. The largest absolute Gasteiger partial charge is 0.326 e. The van der Waals surface area contributed by atoms with Crippen molar-refractivity contribution in [3.05, 3.63) is 59.4 Å². The number of aryl methyl sites for hydroxylation is 2. The maximum absolute atomic E-state index is 13.9. The molecule has 0 radical (unpaired) electrons. The summed E-state index contributed by atoms with van der Waals surface area (Å²) in [5.74, 6) is -1.40. The molecule has 0 spiro atoms. The van der Waals surface area contributed by atoms with Gasteiger partial charge in [-0.05, 0) is 49.2 Å². The third-order valence-corrected chi connectivity index (χ3v) is 4.41. The molecule has 5 heteroatoms. The molecule has 24 heavy (non-hydrogen) atoms. The van der Waals surface area contributed by atoms with Crippen molar-refractivity contribution < 1.29 is 14.0 Å². The van der Waals surface area contributed by atoms with Crippen molar-refractivity contribution >= 4 is 23.2 Å². The van der Waals surface area contributed by atoms with Crippen LogP contribution in [0.15, 0.2) is 42.5 Å². The molecule has 2 amide bonds. The lowest BCUT2D eigenvalue weighted by Crippen LogP contribution is -2.28. The monoisotopic (exact) mass is 326 g/mol. The van der Waals surface area contributed by atoms with Crippen LogP contribution in [0.5, 0.6) is 0 Å². The zero-order valence-corrected chi connectivity index (χ0v) is 13.7. The van der Waals surface area contributed by atoms with Gasteiger partial charge in [0, 0.05) is 18.7 Å². The molecule has 1 fully saturated rings. The lowest BCUT2D eigenvalue weighted by Gasteiger charge is -2.17. The number of hydrogen-bond donors (Lipinski definition) is 1. The fourth-order valence-electron chi connectivity index (χ4n) is 2.85. The van der Waals surface area contributed by atoms with E-state index in [9.17, 15) is 14.0 Å². The fourth-order valence-corrected chi connectivity index (χ4v) is 2.85. The number of amides is 2. The van der Waals surface area contributed by atoms with E-state index in [-0.39, 0.29) is 30.5 Å². The first-order valence-electron chi connectivity index (χ1n) is 7.88. The Balaban J connectivity index is 1.72. The number of nitrogens with one attached hydrogen (secondary N) is 1. The van der Waals surface area contributed by atoms with Gasteiger partial charge in [0.15, 0.2) is 0 Å². The summed E-state index contributed by atoms with van der Waals surface area (Å²) in [6.07, 6.45) is 0.0883. The van der Waals surface area contributed by atoms with E-state index in [4.69, 9.17) is 0 Å². The normalized spacial score (nSPS) is 17.2. The van der Waals surface area contributed by atoms with Crippen LogP contribution < -0.4 is 10.2 Å². The molecule has 0 aromatic heterocycles. The molecule has 0 bridgehead atoms. The average Bonchev–Trinajstić information content (AvgIpc) is 2.93. The van der Waals surface area contributed by atoms with Crippen LogP contribution >= 0.6 is 0 Å². The van der Waals surface area contributed by atoms with Crippen LogP contribution in [0.3, 0.4) is 0 Å². The summed E-state index contributed by atoms with van der Waals surface area (Å²) in [4.78, 5) is 26.0. The van der Waals surface area contributed by atoms with Crippen molar-refractivity contribution in [2.45, 2.75) is 20.3 Å². The van der Waals surface area contributed by atoms with E-state index in [0.717, 1.165) is 11.1 Å². The third kappa shape index (κ3) is 3.15. The van der Waals surface area contributed by atoms with Crippen LogP contribution in [-0.2, 0) is 9.59 Å². The zero-order valence-electron chi connectivity index (χ0n) is 13.7.